The standard InChI is InChI=1S/C11H20O/c1-8-5-6-9(7-10(8)12)11(2,3)4/h8-9H,5-7H2,1-4H3. The predicted octanol–water partition coefficient (Wildman–Crippen LogP) is 3.04. The molecule has 0 radical (unpaired) electrons. The minimum Gasteiger partial charge on any atom is -0.299 e. The molecule has 1 aliphatic rings. The van der Waals surface area contributed by atoms with Crippen LogP contribution in [-0.2, 0) is 4.79 Å². The zero-order chi connectivity index (χ0) is 9.35. The first-order valence-corrected chi connectivity index (χ1v) is 4.94. The van der Waals surface area contributed by atoms with E-state index < -0.39 is 0 Å². The van der Waals surface area contributed by atoms with Crippen molar-refractivity contribution >= 4 is 5.78 Å². The van der Waals surface area contributed by atoms with Gasteiger partial charge in [-0.1, -0.05) is 27.7 Å². The van der Waals surface area contributed by atoms with Gasteiger partial charge < -0.3 is 0 Å². The highest BCUT2D eigenvalue weighted by molar-refractivity contribution is 5.81. The molecule has 0 heterocycles. The maximum atomic E-state index is 11.5. The summed E-state index contributed by atoms with van der Waals surface area (Å²) in [5, 5.41) is 0. The molecule has 1 heteroatoms. The molecule has 12 heavy (non-hydrogen) atoms. The van der Waals surface area contributed by atoms with Crippen molar-refractivity contribution in [2.24, 2.45) is 17.3 Å². The number of ketones is 1. The smallest absolute Gasteiger partial charge is 0.135 e. The first-order chi connectivity index (χ1) is 5.41. The topological polar surface area (TPSA) is 17.1 Å². The van der Waals surface area contributed by atoms with Crippen LogP contribution >= 0.6 is 0 Å². The molecule has 1 fully saturated rings. The van der Waals surface area contributed by atoms with Gasteiger partial charge in [0.05, 0.1) is 0 Å². The molecule has 1 nitrogen and oxygen atoms in total. The normalized spacial score (nSPS) is 32.2. The Kier molecular flexibility index (Phi) is 2.60. The van der Waals surface area contributed by atoms with Crippen LogP contribution < -0.4 is 0 Å². The highest BCUT2D eigenvalue weighted by Crippen LogP contribution is 2.37. The Morgan fingerprint density at radius 2 is 1.83 bits per heavy atom. The molecular formula is C11H20O. The molecule has 2 atom stereocenters. The Labute approximate surface area is 75.5 Å². The van der Waals surface area contributed by atoms with E-state index in [2.05, 4.69) is 27.7 Å². The molecule has 0 aromatic carbocycles. The lowest BCUT2D eigenvalue weighted by molar-refractivity contribution is -0.126. The molecule has 0 aromatic rings. The molecule has 0 aliphatic heterocycles. The van der Waals surface area contributed by atoms with E-state index in [1.807, 2.05) is 0 Å². The summed E-state index contributed by atoms with van der Waals surface area (Å²) in [4.78, 5) is 11.5. The van der Waals surface area contributed by atoms with Gasteiger partial charge in [-0.2, -0.15) is 0 Å². The highest BCUT2D eigenvalue weighted by Gasteiger charge is 2.32. The van der Waals surface area contributed by atoms with Gasteiger partial charge in [-0.25, -0.2) is 0 Å². The third kappa shape index (κ3) is 2.09. The Balaban J connectivity index is 2.57. The van der Waals surface area contributed by atoms with Crippen molar-refractivity contribution in [2.45, 2.75) is 47.0 Å². The van der Waals surface area contributed by atoms with Crippen LogP contribution in [-0.4, -0.2) is 5.78 Å². The van der Waals surface area contributed by atoms with Crippen molar-refractivity contribution in [2.75, 3.05) is 0 Å². The van der Waals surface area contributed by atoms with Crippen LogP contribution in [0, 0.1) is 17.3 Å². The van der Waals surface area contributed by atoms with Gasteiger partial charge in [0.25, 0.3) is 0 Å². The Bertz CT molecular complexity index is 176. The maximum absolute atomic E-state index is 11.5. The van der Waals surface area contributed by atoms with Crippen LogP contribution in [0.1, 0.15) is 47.0 Å². The fraction of sp³-hybridized carbons (Fsp3) is 0.909. The molecule has 70 valence electrons. The van der Waals surface area contributed by atoms with Gasteiger partial charge in [0.15, 0.2) is 0 Å². The average molecular weight is 168 g/mol. The van der Waals surface area contributed by atoms with Gasteiger partial charge in [-0.05, 0) is 24.2 Å². The molecule has 2 unspecified atom stereocenters. The van der Waals surface area contributed by atoms with Gasteiger partial charge in [-0.3, -0.25) is 4.79 Å². The molecule has 0 aromatic heterocycles. The molecule has 1 aliphatic carbocycles. The third-order valence-electron chi connectivity index (χ3n) is 3.17. The Morgan fingerprint density at radius 3 is 2.25 bits per heavy atom. The van der Waals surface area contributed by atoms with Crippen molar-refractivity contribution < 1.29 is 4.79 Å². The number of carbonyl (C=O) groups is 1. The van der Waals surface area contributed by atoms with Gasteiger partial charge in [0, 0.05) is 12.3 Å². The van der Waals surface area contributed by atoms with Gasteiger partial charge in [-0.15, -0.1) is 0 Å². The minimum absolute atomic E-state index is 0.315. The predicted molar refractivity (Wildman–Crippen MR) is 51.0 cm³/mol. The fourth-order valence-corrected chi connectivity index (χ4v) is 1.90. The maximum Gasteiger partial charge on any atom is 0.135 e. The van der Waals surface area contributed by atoms with E-state index in [1.54, 1.807) is 0 Å². The van der Waals surface area contributed by atoms with E-state index in [9.17, 15) is 4.79 Å². The van der Waals surface area contributed by atoms with Crippen molar-refractivity contribution in [1.29, 1.82) is 0 Å². The van der Waals surface area contributed by atoms with Crippen LogP contribution in [0.4, 0.5) is 0 Å². The number of rotatable bonds is 0. The zero-order valence-electron chi connectivity index (χ0n) is 8.68. The number of hydrogen-bond donors (Lipinski definition) is 0. The van der Waals surface area contributed by atoms with E-state index >= 15 is 0 Å². The summed E-state index contributed by atoms with van der Waals surface area (Å²) < 4.78 is 0. The largest absolute Gasteiger partial charge is 0.299 e. The fourth-order valence-electron chi connectivity index (χ4n) is 1.90. The average Bonchev–Trinajstić information content (AvgIpc) is 1.92. The van der Waals surface area contributed by atoms with E-state index in [1.165, 1.54) is 6.42 Å². The molecule has 0 N–H and O–H groups in total. The SMILES string of the molecule is CC1CCC(C(C)(C)C)CC1=O. The van der Waals surface area contributed by atoms with Crippen LogP contribution in [0.15, 0.2) is 0 Å². The first-order valence-electron chi connectivity index (χ1n) is 4.94. The summed E-state index contributed by atoms with van der Waals surface area (Å²) in [7, 11) is 0. The molecule has 1 saturated carbocycles. The van der Waals surface area contributed by atoms with Crippen molar-refractivity contribution in [3.63, 3.8) is 0 Å². The number of carbonyl (C=O) groups excluding carboxylic acids is 1. The molecule has 0 saturated heterocycles. The van der Waals surface area contributed by atoms with E-state index in [0.717, 1.165) is 12.8 Å². The van der Waals surface area contributed by atoms with Gasteiger partial charge in [0.1, 0.15) is 5.78 Å². The molecular weight excluding hydrogens is 148 g/mol. The zero-order valence-corrected chi connectivity index (χ0v) is 8.68. The molecule has 1 rings (SSSR count). The first kappa shape index (κ1) is 9.76. The van der Waals surface area contributed by atoms with Crippen LogP contribution in [0.5, 0.6) is 0 Å². The second kappa shape index (κ2) is 3.20. The van der Waals surface area contributed by atoms with E-state index in [4.69, 9.17) is 0 Å². The summed E-state index contributed by atoms with van der Waals surface area (Å²) in [5.41, 5.74) is 0.315. The van der Waals surface area contributed by atoms with Gasteiger partial charge >= 0.3 is 0 Å². The molecule has 0 amide bonds. The molecule has 0 bridgehead atoms. The van der Waals surface area contributed by atoms with Crippen molar-refractivity contribution in [3.8, 4) is 0 Å². The van der Waals surface area contributed by atoms with Gasteiger partial charge in [0.2, 0.25) is 0 Å². The second-order valence-corrected chi connectivity index (χ2v) is 5.21. The summed E-state index contributed by atoms with van der Waals surface area (Å²) in [6.07, 6.45) is 3.14. The quantitative estimate of drug-likeness (QED) is 0.543. The molecule has 0 spiro atoms. The van der Waals surface area contributed by atoms with Crippen LogP contribution in [0.3, 0.4) is 0 Å². The Hall–Kier alpha value is -0.330. The number of hydrogen-bond acceptors (Lipinski definition) is 1. The lowest BCUT2D eigenvalue weighted by Crippen LogP contribution is -2.30. The van der Waals surface area contributed by atoms with E-state index in [0.29, 0.717) is 23.0 Å². The second-order valence-electron chi connectivity index (χ2n) is 5.21. The van der Waals surface area contributed by atoms with Crippen LogP contribution in [0.2, 0.25) is 0 Å². The third-order valence-corrected chi connectivity index (χ3v) is 3.17. The lowest BCUT2D eigenvalue weighted by atomic mass is 9.70. The monoisotopic (exact) mass is 168 g/mol. The van der Waals surface area contributed by atoms with Crippen molar-refractivity contribution in [3.05, 3.63) is 0 Å². The van der Waals surface area contributed by atoms with Crippen LogP contribution in [0.25, 0.3) is 0 Å². The number of Topliss-reactive ketones (excluding diaryl/α,β-unsaturated/α-hetero) is 1. The van der Waals surface area contributed by atoms with Crippen molar-refractivity contribution in [1.82, 2.24) is 0 Å². The summed E-state index contributed by atoms with van der Waals surface area (Å²) in [5.74, 6) is 1.41. The highest BCUT2D eigenvalue weighted by atomic mass is 16.1. The minimum atomic E-state index is 0.315. The summed E-state index contributed by atoms with van der Waals surface area (Å²) in [6.45, 7) is 8.77. The Morgan fingerprint density at radius 1 is 1.25 bits per heavy atom. The summed E-state index contributed by atoms with van der Waals surface area (Å²) in [6, 6.07) is 0. The summed E-state index contributed by atoms with van der Waals surface area (Å²) >= 11 is 0. The lowest BCUT2D eigenvalue weighted by Gasteiger charge is -2.35. The van der Waals surface area contributed by atoms with E-state index in [-0.39, 0.29) is 0 Å².